The van der Waals surface area contributed by atoms with Crippen molar-refractivity contribution in [2.45, 2.75) is 18.9 Å². The van der Waals surface area contributed by atoms with Gasteiger partial charge in [0, 0.05) is 44.7 Å². The van der Waals surface area contributed by atoms with Crippen LogP contribution in [0.5, 0.6) is 0 Å². The SMILES string of the molecule is CN1CCN(c2nc(NCC3CCCO3)c3ccccc3n2)CC1.Cl. The van der Waals surface area contributed by atoms with Crippen LogP contribution < -0.4 is 10.2 Å². The van der Waals surface area contributed by atoms with Gasteiger partial charge in [0.15, 0.2) is 0 Å². The summed E-state index contributed by atoms with van der Waals surface area (Å²) in [5.74, 6) is 1.75. The predicted octanol–water partition coefficient (Wildman–Crippen LogP) is 2.39. The first-order valence-corrected chi connectivity index (χ1v) is 8.85. The van der Waals surface area contributed by atoms with Crippen LogP contribution in [0.2, 0.25) is 0 Å². The molecule has 136 valence electrons. The highest BCUT2D eigenvalue weighted by Gasteiger charge is 2.20. The van der Waals surface area contributed by atoms with Gasteiger partial charge in [0.1, 0.15) is 5.82 Å². The Morgan fingerprint density at radius 3 is 2.72 bits per heavy atom. The summed E-state index contributed by atoms with van der Waals surface area (Å²) in [6.07, 6.45) is 2.58. The van der Waals surface area contributed by atoms with Crippen molar-refractivity contribution in [2.75, 3.05) is 56.6 Å². The number of aromatic nitrogens is 2. The number of rotatable bonds is 4. The second-order valence-corrected chi connectivity index (χ2v) is 6.70. The van der Waals surface area contributed by atoms with Crippen LogP contribution in [0.4, 0.5) is 11.8 Å². The maximum absolute atomic E-state index is 5.72. The fourth-order valence-electron chi connectivity index (χ4n) is 3.36. The van der Waals surface area contributed by atoms with Gasteiger partial charge in [0.25, 0.3) is 0 Å². The minimum absolute atomic E-state index is 0. The molecule has 2 aliphatic heterocycles. The molecule has 6 nitrogen and oxygen atoms in total. The number of halogens is 1. The van der Waals surface area contributed by atoms with E-state index in [0.717, 1.165) is 74.8 Å². The molecule has 1 aromatic carbocycles. The highest BCUT2D eigenvalue weighted by Crippen LogP contribution is 2.24. The summed E-state index contributed by atoms with van der Waals surface area (Å²) < 4.78 is 5.72. The Bertz CT molecular complexity index is 699. The number of ether oxygens (including phenoxy) is 1. The molecular weight excluding hydrogens is 338 g/mol. The zero-order chi connectivity index (χ0) is 16.4. The van der Waals surface area contributed by atoms with Gasteiger partial charge in [-0.15, -0.1) is 12.4 Å². The molecule has 0 spiro atoms. The van der Waals surface area contributed by atoms with Crippen LogP contribution in [0.15, 0.2) is 24.3 Å². The van der Waals surface area contributed by atoms with Crippen LogP contribution in [0.25, 0.3) is 10.9 Å². The molecule has 2 aliphatic rings. The summed E-state index contributed by atoms with van der Waals surface area (Å²) in [6.45, 7) is 5.73. The largest absolute Gasteiger partial charge is 0.376 e. The second-order valence-electron chi connectivity index (χ2n) is 6.70. The molecule has 0 amide bonds. The van der Waals surface area contributed by atoms with E-state index >= 15 is 0 Å². The van der Waals surface area contributed by atoms with E-state index in [0.29, 0.717) is 6.10 Å². The normalized spacial score (nSPS) is 21.3. The van der Waals surface area contributed by atoms with Gasteiger partial charge in [-0.1, -0.05) is 12.1 Å². The number of likely N-dealkylation sites (N-methyl/N-ethyl adjacent to an activating group) is 1. The van der Waals surface area contributed by atoms with E-state index in [2.05, 4.69) is 34.3 Å². The third-order valence-corrected chi connectivity index (χ3v) is 4.90. The van der Waals surface area contributed by atoms with Crippen LogP contribution in [0.1, 0.15) is 12.8 Å². The molecule has 2 saturated heterocycles. The van der Waals surface area contributed by atoms with Crippen LogP contribution >= 0.6 is 12.4 Å². The molecule has 1 unspecified atom stereocenters. The minimum Gasteiger partial charge on any atom is -0.376 e. The number of anilines is 2. The average Bonchev–Trinajstić information content (AvgIpc) is 3.13. The Hall–Kier alpha value is -1.63. The number of nitrogens with one attached hydrogen (secondary N) is 1. The number of para-hydroxylation sites is 1. The lowest BCUT2D eigenvalue weighted by Gasteiger charge is -2.32. The van der Waals surface area contributed by atoms with Gasteiger partial charge in [-0.3, -0.25) is 0 Å². The first-order valence-electron chi connectivity index (χ1n) is 8.85. The van der Waals surface area contributed by atoms with Gasteiger partial charge in [-0.25, -0.2) is 4.98 Å². The van der Waals surface area contributed by atoms with Crippen LogP contribution in [0.3, 0.4) is 0 Å². The van der Waals surface area contributed by atoms with Crippen molar-refractivity contribution in [2.24, 2.45) is 0 Å². The summed E-state index contributed by atoms with van der Waals surface area (Å²) >= 11 is 0. The number of benzene rings is 1. The average molecular weight is 364 g/mol. The molecule has 7 heteroatoms. The lowest BCUT2D eigenvalue weighted by molar-refractivity contribution is 0.120. The first-order chi connectivity index (χ1) is 11.8. The summed E-state index contributed by atoms with van der Waals surface area (Å²) in [4.78, 5) is 14.3. The molecule has 25 heavy (non-hydrogen) atoms. The lowest BCUT2D eigenvalue weighted by atomic mass is 10.2. The van der Waals surface area contributed by atoms with Crippen molar-refractivity contribution in [3.8, 4) is 0 Å². The monoisotopic (exact) mass is 363 g/mol. The summed E-state index contributed by atoms with van der Waals surface area (Å²) in [5.41, 5.74) is 0.997. The third-order valence-electron chi connectivity index (χ3n) is 4.90. The zero-order valence-corrected chi connectivity index (χ0v) is 15.5. The van der Waals surface area contributed by atoms with E-state index in [4.69, 9.17) is 14.7 Å². The standard InChI is InChI=1S/C18H25N5O.ClH/c1-22-8-10-23(11-9-22)18-20-16-7-3-2-6-15(16)17(21-18)19-13-14-5-4-12-24-14;/h2-3,6-7,14H,4-5,8-13H2,1H3,(H,19,20,21);1H. The number of hydrogen-bond acceptors (Lipinski definition) is 6. The smallest absolute Gasteiger partial charge is 0.227 e. The topological polar surface area (TPSA) is 53.5 Å². The quantitative estimate of drug-likeness (QED) is 0.900. The van der Waals surface area contributed by atoms with Gasteiger partial charge < -0.3 is 19.9 Å². The molecule has 0 bridgehead atoms. The Labute approximate surface area is 155 Å². The molecule has 1 aromatic heterocycles. The van der Waals surface area contributed by atoms with Crippen molar-refractivity contribution in [1.29, 1.82) is 0 Å². The van der Waals surface area contributed by atoms with Gasteiger partial charge in [0.05, 0.1) is 11.6 Å². The Morgan fingerprint density at radius 1 is 1.16 bits per heavy atom. The van der Waals surface area contributed by atoms with E-state index in [1.807, 2.05) is 12.1 Å². The lowest BCUT2D eigenvalue weighted by Crippen LogP contribution is -2.45. The Morgan fingerprint density at radius 2 is 1.96 bits per heavy atom. The Balaban J connectivity index is 0.00000182. The van der Waals surface area contributed by atoms with E-state index in [9.17, 15) is 0 Å². The van der Waals surface area contributed by atoms with Crippen molar-refractivity contribution in [3.63, 3.8) is 0 Å². The highest BCUT2D eigenvalue weighted by atomic mass is 35.5. The van der Waals surface area contributed by atoms with Gasteiger partial charge in [-0.05, 0) is 32.0 Å². The number of hydrogen-bond donors (Lipinski definition) is 1. The van der Waals surface area contributed by atoms with Crippen molar-refractivity contribution in [1.82, 2.24) is 14.9 Å². The van der Waals surface area contributed by atoms with Crippen molar-refractivity contribution >= 4 is 35.1 Å². The minimum atomic E-state index is 0. The number of fused-ring (bicyclic) bond motifs is 1. The molecule has 0 saturated carbocycles. The molecule has 1 N–H and O–H groups in total. The molecule has 2 fully saturated rings. The van der Waals surface area contributed by atoms with E-state index in [1.54, 1.807) is 0 Å². The Kier molecular flexibility index (Phi) is 5.93. The van der Waals surface area contributed by atoms with E-state index in [-0.39, 0.29) is 12.4 Å². The zero-order valence-electron chi connectivity index (χ0n) is 14.6. The van der Waals surface area contributed by atoms with Gasteiger partial charge in [0.2, 0.25) is 5.95 Å². The molecular formula is C18H26ClN5O. The van der Waals surface area contributed by atoms with Crippen molar-refractivity contribution < 1.29 is 4.74 Å². The molecule has 2 aromatic rings. The first kappa shape index (κ1) is 18.2. The van der Waals surface area contributed by atoms with Gasteiger partial charge >= 0.3 is 0 Å². The third kappa shape index (κ3) is 4.14. The molecule has 1 atom stereocenters. The number of nitrogens with zero attached hydrogens (tertiary/aromatic N) is 4. The molecule has 4 rings (SSSR count). The maximum atomic E-state index is 5.72. The van der Waals surface area contributed by atoms with Crippen LogP contribution in [-0.4, -0.2) is 67.4 Å². The summed E-state index contributed by atoms with van der Waals surface area (Å²) in [7, 11) is 2.16. The van der Waals surface area contributed by atoms with E-state index in [1.165, 1.54) is 0 Å². The van der Waals surface area contributed by atoms with Crippen LogP contribution in [-0.2, 0) is 4.74 Å². The highest BCUT2D eigenvalue weighted by molar-refractivity contribution is 5.90. The second kappa shape index (κ2) is 8.17. The molecule has 3 heterocycles. The van der Waals surface area contributed by atoms with Crippen LogP contribution in [0, 0.1) is 0 Å². The van der Waals surface area contributed by atoms with E-state index < -0.39 is 0 Å². The summed E-state index contributed by atoms with van der Waals surface area (Å²) in [6, 6.07) is 8.22. The summed E-state index contributed by atoms with van der Waals surface area (Å²) in [5, 5.41) is 4.58. The number of piperazine rings is 1. The fraction of sp³-hybridized carbons (Fsp3) is 0.556. The molecule has 0 aliphatic carbocycles. The predicted molar refractivity (Wildman–Crippen MR) is 104 cm³/mol. The maximum Gasteiger partial charge on any atom is 0.227 e. The fourth-order valence-corrected chi connectivity index (χ4v) is 3.36. The van der Waals surface area contributed by atoms with Crippen molar-refractivity contribution in [3.05, 3.63) is 24.3 Å². The molecule has 0 radical (unpaired) electrons. The van der Waals surface area contributed by atoms with Gasteiger partial charge in [-0.2, -0.15) is 4.98 Å².